The van der Waals surface area contributed by atoms with Crippen LogP contribution in [0.15, 0.2) is 18.5 Å². The number of nitrogens with zero attached hydrogens (tertiary/aromatic N) is 1. The lowest BCUT2D eigenvalue weighted by Gasteiger charge is -2.27. The molecule has 10 nitrogen and oxygen atoms in total. The summed E-state index contributed by atoms with van der Waals surface area (Å²) in [4.78, 5) is 24.7. The van der Waals surface area contributed by atoms with Crippen LogP contribution >= 0.6 is 0 Å². The summed E-state index contributed by atoms with van der Waals surface area (Å²) in [6.45, 7) is -1.98. The average molecular weight is 345 g/mol. The molecule has 0 spiro atoms. The number of amides is 1. The van der Waals surface area contributed by atoms with Crippen LogP contribution in [0.5, 0.6) is 0 Å². The standard InChI is InChI=1S/C8H10N2O2.C6H13NO5/c9-8(12)7-1-3-10-5-6(7)2-4-11;8-2-6(3-9,4-10)7-1-5(11)12/h1,3,5,11H,2,4H2,(H2,9,12);7-10H,1-4H2,(H,11,12). The average Bonchev–Trinajstić information content (AvgIpc) is 2.58. The van der Waals surface area contributed by atoms with Crippen molar-refractivity contribution in [2.24, 2.45) is 5.73 Å². The van der Waals surface area contributed by atoms with E-state index in [2.05, 4.69) is 10.3 Å². The van der Waals surface area contributed by atoms with Crippen LogP contribution in [-0.2, 0) is 11.2 Å². The largest absolute Gasteiger partial charge is 0.480 e. The highest BCUT2D eigenvalue weighted by Gasteiger charge is 2.27. The van der Waals surface area contributed by atoms with Gasteiger partial charge in [0.2, 0.25) is 5.91 Å². The number of primary amides is 1. The Bertz CT molecular complexity index is 513. The van der Waals surface area contributed by atoms with E-state index in [0.29, 0.717) is 17.5 Å². The zero-order valence-corrected chi connectivity index (χ0v) is 13.1. The fourth-order valence-corrected chi connectivity index (χ4v) is 1.57. The predicted molar refractivity (Wildman–Crippen MR) is 83.2 cm³/mol. The molecular formula is C14H23N3O7. The number of aromatic nitrogens is 1. The van der Waals surface area contributed by atoms with Crippen molar-refractivity contribution in [3.8, 4) is 0 Å². The molecule has 1 amide bonds. The summed E-state index contributed by atoms with van der Waals surface area (Å²) < 4.78 is 0. The monoisotopic (exact) mass is 345 g/mol. The smallest absolute Gasteiger partial charge is 0.317 e. The van der Waals surface area contributed by atoms with Gasteiger partial charge in [0, 0.05) is 24.6 Å². The molecule has 24 heavy (non-hydrogen) atoms. The lowest BCUT2D eigenvalue weighted by Crippen LogP contribution is -2.56. The summed E-state index contributed by atoms with van der Waals surface area (Å²) in [5.74, 6) is -1.60. The number of hydrogen-bond acceptors (Lipinski definition) is 8. The first-order valence-corrected chi connectivity index (χ1v) is 6.98. The topological polar surface area (TPSA) is 186 Å². The molecule has 1 rings (SSSR count). The van der Waals surface area contributed by atoms with E-state index in [1.165, 1.54) is 12.4 Å². The van der Waals surface area contributed by atoms with E-state index in [0.717, 1.165) is 0 Å². The second-order valence-corrected chi connectivity index (χ2v) is 4.87. The minimum atomic E-state index is -1.31. The number of carbonyl (C=O) groups is 2. The van der Waals surface area contributed by atoms with E-state index in [-0.39, 0.29) is 6.61 Å². The Morgan fingerprint density at radius 1 is 1.17 bits per heavy atom. The molecule has 8 N–H and O–H groups in total. The molecule has 0 aliphatic rings. The van der Waals surface area contributed by atoms with Crippen molar-refractivity contribution in [1.82, 2.24) is 10.3 Å². The molecule has 1 aromatic heterocycles. The lowest BCUT2D eigenvalue weighted by molar-refractivity contribution is -0.136. The Labute approximate surface area is 138 Å². The van der Waals surface area contributed by atoms with Crippen LogP contribution in [0.3, 0.4) is 0 Å². The van der Waals surface area contributed by atoms with Crippen molar-refractivity contribution < 1.29 is 35.1 Å². The van der Waals surface area contributed by atoms with E-state index in [9.17, 15) is 9.59 Å². The van der Waals surface area contributed by atoms with Gasteiger partial charge in [0.1, 0.15) is 0 Å². The van der Waals surface area contributed by atoms with Crippen LogP contribution in [0.4, 0.5) is 0 Å². The molecule has 0 saturated carbocycles. The number of aliphatic hydroxyl groups is 4. The van der Waals surface area contributed by atoms with Gasteiger partial charge in [-0.3, -0.25) is 19.9 Å². The third kappa shape index (κ3) is 7.44. The maximum Gasteiger partial charge on any atom is 0.317 e. The highest BCUT2D eigenvalue weighted by atomic mass is 16.4. The molecule has 0 atom stereocenters. The minimum absolute atomic E-state index is 0.00796. The van der Waals surface area contributed by atoms with Crippen molar-refractivity contribution in [2.45, 2.75) is 12.0 Å². The highest BCUT2D eigenvalue weighted by molar-refractivity contribution is 5.94. The second kappa shape index (κ2) is 11.4. The second-order valence-electron chi connectivity index (χ2n) is 4.87. The van der Waals surface area contributed by atoms with Crippen molar-refractivity contribution in [3.05, 3.63) is 29.6 Å². The summed E-state index contributed by atoms with van der Waals surface area (Å²) in [5.41, 5.74) is 4.91. The molecule has 0 bridgehead atoms. The van der Waals surface area contributed by atoms with Gasteiger partial charge in [-0.1, -0.05) is 0 Å². The normalized spacial score (nSPS) is 10.7. The number of nitrogens with one attached hydrogen (secondary N) is 1. The molecule has 0 saturated heterocycles. The van der Waals surface area contributed by atoms with Gasteiger partial charge >= 0.3 is 5.97 Å². The van der Waals surface area contributed by atoms with Crippen LogP contribution in [0.2, 0.25) is 0 Å². The molecule has 0 aliphatic carbocycles. The first-order chi connectivity index (χ1) is 11.4. The number of nitrogens with two attached hydrogens (primary N) is 1. The number of pyridine rings is 1. The maximum atomic E-state index is 10.8. The Balaban J connectivity index is 0.000000441. The van der Waals surface area contributed by atoms with Gasteiger partial charge in [-0.25, -0.2) is 0 Å². The molecule has 0 fully saturated rings. The molecular weight excluding hydrogens is 322 g/mol. The van der Waals surface area contributed by atoms with Gasteiger partial charge in [-0.05, 0) is 18.1 Å². The number of rotatable bonds is 9. The van der Waals surface area contributed by atoms with Gasteiger partial charge in [0.05, 0.1) is 31.9 Å². The fraction of sp³-hybridized carbons (Fsp3) is 0.500. The van der Waals surface area contributed by atoms with Crippen LogP contribution in [0, 0.1) is 0 Å². The van der Waals surface area contributed by atoms with E-state index in [1.54, 1.807) is 6.07 Å². The Hall–Kier alpha value is -2.11. The summed E-state index contributed by atoms with van der Waals surface area (Å²) >= 11 is 0. The molecule has 1 aromatic rings. The number of carboxylic acid groups (broad SMARTS) is 1. The van der Waals surface area contributed by atoms with E-state index in [1.807, 2.05) is 0 Å². The van der Waals surface area contributed by atoms with Crippen molar-refractivity contribution in [2.75, 3.05) is 33.0 Å². The van der Waals surface area contributed by atoms with Gasteiger partial charge in [-0.2, -0.15) is 0 Å². The lowest BCUT2D eigenvalue weighted by atomic mass is 10.0. The van der Waals surface area contributed by atoms with Crippen LogP contribution in [-0.4, -0.2) is 80.9 Å². The quantitative estimate of drug-likeness (QED) is 0.246. The molecule has 0 radical (unpaired) electrons. The molecule has 0 unspecified atom stereocenters. The zero-order chi connectivity index (χ0) is 18.6. The number of aliphatic hydroxyl groups excluding tert-OH is 4. The highest BCUT2D eigenvalue weighted by Crippen LogP contribution is 2.06. The summed E-state index contributed by atoms with van der Waals surface area (Å²) in [7, 11) is 0. The number of hydrogen-bond donors (Lipinski definition) is 7. The van der Waals surface area contributed by atoms with Gasteiger partial charge in [0.15, 0.2) is 0 Å². The van der Waals surface area contributed by atoms with Crippen molar-refractivity contribution in [1.29, 1.82) is 0 Å². The molecule has 10 heteroatoms. The van der Waals surface area contributed by atoms with Crippen LogP contribution < -0.4 is 11.1 Å². The Morgan fingerprint density at radius 2 is 1.75 bits per heavy atom. The number of carbonyl (C=O) groups excluding carboxylic acids is 1. The Kier molecular flexibility index (Phi) is 10.4. The van der Waals surface area contributed by atoms with Gasteiger partial charge in [0.25, 0.3) is 0 Å². The maximum absolute atomic E-state index is 10.8. The number of carboxylic acids is 1. The van der Waals surface area contributed by atoms with Crippen molar-refractivity contribution in [3.63, 3.8) is 0 Å². The van der Waals surface area contributed by atoms with Crippen LogP contribution in [0.1, 0.15) is 15.9 Å². The van der Waals surface area contributed by atoms with Gasteiger partial charge in [-0.15, -0.1) is 0 Å². The summed E-state index contributed by atoms with van der Waals surface area (Å²) in [5, 5.41) is 45.4. The van der Waals surface area contributed by atoms with Gasteiger partial charge < -0.3 is 31.3 Å². The van der Waals surface area contributed by atoms with Crippen molar-refractivity contribution >= 4 is 11.9 Å². The fourth-order valence-electron chi connectivity index (χ4n) is 1.57. The summed E-state index contributed by atoms with van der Waals surface area (Å²) in [6.07, 6.45) is 3.45. The van der Waals surface area contributed by atoms with E-state index in [4.69, 9.17) is 31.3 Å². The Morgan fingerprint density at radius 3 is 2.17 bits per heavy atom. The molecule has 0 aliphatic heterocycles. The van der Waals surface area contributed by atoms with Crippen LogP contribution in [0.25, 0.3) is 0 Å². The molecule has 136 valence electrons. The SMILES string of the molecule is NC(=O)c1ccncc1CCO.O=C(O)CNC(CO)(CO)CO. The molecule has 1 heterocycles. The van der Waals surface area contributed by atoms with E-state index < -0.39 is 43.8 Å². The third-order valence-corrected chi connectivity index (χ3v) is 3.07. The minimum Gasteiger partial charge on any atom is -0.480 e. The first kappa shape index (κ1) is 21.9. The zero-order valence-electron chi connectivity index (χ0n) is 13.1. The number of aliphatic carboxylic acids is 1. The molecule has 0 aromatic carbocycles. The third-order valence-electron chi connectivity index (χ3n) is 3.07. The summed E-state index contributed by atoms with van der Waals surface area (Å²) in [6, 6.07) is 1.55. The van der Waals surface area contributed by atoms with E-state index >= 15 is 0 Å². The first-order valence-electron chi connectivity index (χ1n) is 6.98. The predicted octanol–water partition coefficient (Wildman–Crippen LogP) is -2.91.